The Labute approximate surface area is 109 Å². The molecule has 2 rings (SSSR count). The van der Waals surface area contributed by atoms with Gasteiger partial charge in [0.15, 0.2) is 11.5 Å². The Morgan fingerprint density at radius 1 is 1.28 bits per heavy atom. The first kappa shape index (κ1) is 13.2. The predicted molar refractivity (Wildman–Crippen MR) is 73.2 cm³/mol. The summed E-state index contributed by atoms with van der Waals surface area (Å²) >= 11 is 0. The Bertz CT molecular complexity index is 384. The van der Waals surface area contributed by atoms with Gasteiger partial charge >= 0.3 is 0 Å². The highest BCUT2D eigenvalue weighted by molar-refractivity contribution is 5.43. The van der Waals surface area contributed by atoms with E-state index in [4.69, 9.17) is 15.2 Å². The number of ether oxygens (including phenoxy) is 2. The van der Waals surface area contributed by atoms with Gasteiger partial charge in [-0.1, -0.05) is 6.07 Å². The second-order valence-corrected chi connectivity index (χ2v) is 5.19. The van der Waals surface area contributed by atoms with Gasteiger partial charge in [-0.15, -0.1) is 0 Å². The number of hydrogen-bond donors (Lipinski definition) is 1. The predicted octanol–water partition coefficient (Wildman–Crippen LogP) is 2.91. The standard InChI is InChI=1S/C15H23NO2/c1-11(16)9-12-7-8-14(17-2)15(10-12)18-13-5-3-4-6-13/h7-8,10-11,13H,3-6,9,16H2,1-2H3. The molecular formula is C15H23NO2. The summed E-state index contributed by atoms with van der Waals surface area (Å²) in [6.45, 7) is 2.02. The molecule has 1 saturated carbocycles. The SMILES string of the molecule is COc1ccc(CC(C)N)cc1OC1CCCC1. The molecule has 100 valence electrons. The van der Waals surface area contributed by atoms with E-state index in [-0.39, 0.29) is 6.04 Å². The summed E-state index contributed by atoms with van der Waals surface area (Å²) in [7, 11) is 1.68. The van der Waals surface area contributed by atoms with Gasteiger partial charge in [0.2, 0.25) is 0 Å². The third-order valence-corrected chi connectivity index (χ3v) is 3.38. The summed E-state index contributed by atoms with van der Waals surface area (Å²) in [5, 5.41) is 0. The lowest BCUT2D eigenvalue weighted by Gasteiger charge is -2.17. The zero-order valence-electron chi connectivity index (χ0n) is 11.3. The fourth-order valence-corrected chi connectivity index (χ4v) is 2.50. The molecule has 1 aliphatic rings. The highest BCUT2D eigenvalue weighted by Crippen LogP contribution is 2.32. The van der Waals surface area contributed by atoms with Crippen LogP contribution in [0.4, 0.5) is 0 Å². The largest absolute Gasteiger partial charge is 0.493 e. The van der Waals surface area contributed by atoms with Crippen molar-refractivity contribution in [1.82, 2.24) is 0 Å². The lowest BCUT2D eigenvalue weighted by atomic mass is 10.1. The second kappa shape index (κ2) is 6.10. The van der Waals surface area contributed by atoms with Crippen LogP contribution in [0.15, 0.2) is 18.2 Å². The summed E-state index contributed by atoms with van der Waals surface area (Å²) < 4.78 is 11.4. The number of benzene rings is 1. The Morgan fingerprint density at radius 2 is 2.00 bits per heavy atom. The highest BCUT2D eigenvalue weighted by Gasteiger charge is 2.18. The van der Waals surface area contributed by atoms with Crippen molar-refractivity contribution >= 4 is 0 Å². The zero-order valence-corrected chi connectivity index (χ0v) is 11.3. The summed E-state index contributed by atoms with van der Waals surface area (Å²) in [6, 6.07) is 6.27. The lowest BCUT2D eigenvalue weighted by molar-refractivity contribution is 0.200. The van der Waals surface area contributed by atoms with Gasteiger partial charge in [0.25, 0.3) is 0 Å². The maximum atomic E-state index is 6.05. The summed E-state index contributed by atoms with van der Waals surface area (Å²) in [4.78, 5) is 0. The molecule has 0 bridgehead atoms. The minimum atomic E-state index is 0.165. The minimum absolute atomic E-state index is 0.165. The van der Waals surface area contributed by atoms with Gasteiger partial charge in [-0.3, -0.25) is 0 Å². The number of rotatable bonds is 5. The molecule has 0 radical (unpaired) electrons. The second-order valence-electron chi connectivity index (χ2n) is 5.19. The molecule has 0 aliphatic heterocycles. The van der Waals surface area contributed by atoms with Crippen molar-refractivity contribution in [2.75, 3.05) is 7.11 Å². The molecule has 3 nitrogen and oxygen atoms in total. The molecule has 0 aromatic heterocycles. The van der Waals surface area contributed by atoms with Crippen molar-refractivity contribution < 1.29 is 9.47 Å². The maximum absolute atomic E-state index is 6.05. The van der Waals surface area contributed by atoms with Crippen LogP contribution in [0.1, 0.15) is 38.2 Å². The molecule has 0 saturated heterocycles. The van der Waals surface area contributed by atoms with E-state index in [2.05, 4.69) is 12.1 Å². The molecule has 0 spiro atoms. The molecular weight excluding hydrogens is 226 g/mol. The first-order valence-corrected chi connectivity index (χ1v) is 6.78. The summed E-state index contributed by atoms with van der Waals surface area (Å²) in [5.74, 6) is 1.68. The molecule has 1 unspecified atom stereocenters. The number of methoxy groups -OCH3 is 1. The Hall–Kier alpha value is -1.22. The third-order valence-electron chi connectivity index (χ3n) is 3.38. The van der Waals surface area contributed by atoms with Gasteiger partial charge < -0.3 is 15.2 Å². The summed E-state index contributed by atoms with van der Waals surface area (Å²) in [6.07, 6.45) is 6.07. The minimum Gasteiger partial charge on any atom is -0.493 e. The summed E-state index contributed by atoms with van der Waals surface area (Å²) in [5.41, 5.74) is 7.04. The van der Waals surface area contributed by atoms with E-state index in [1.807, 2.05) is 13.0 Å². The van der Waals surface area contributed by atoms with Crippen LogP contribution in [0.3, 0.4) is 0 Å². The van der Waals surface area contributed by atoms with Crippen LogP contribution in [-0.2, 0) is 6.42 Å². The highest BCUT2D eigenvalue weighted by atomic mass is 16.5. The van der Waals surface area contributed by atoms with Crippen molar-refractivity contribution in [3.8, 4) is 11.5 Å². The quantitative estimate of drug-likeness (QED) is 0.872. The molecule has 1 aromatic rings. The first-order chi connectivity index (χ1) is 8.69. The number of nitrogens with two attached hydrogens (primary N) is 1. The van der Waals surface area contributed by atoms with E-state index in [0.29, 0.717) is 6.10 Å². The molecule has 18 heavy (non-hydrogen) atoms. The Balaban J connectivity index is 2.13. The van der Waals surface area contributed by atoms with Crippen molar-refractivity contribution in [3.05, 3.63) is 23.8 Å². The van der Waals surface area contributed by atoms with Gasteiger partial charge in [0.05, 0.1) is 13.2 Å². The van der Waals surface area contributed by atoms with E-state index >= 15 is 0 Å². The average molecular weight is 249 g/mol. The van der Waals surface area contributed by atoms with Gasteiger partial charge in [0.1, 0.15) is 0 Å². The molecule has 1 aliphatic carbocycles. The van der Waals surface area contributed by atoms with E-state index in [1.165, 1.54) is 18.4 Å². The fraction of sp³-hybridized carbons (Fsp3) is 0.600. The van der Waals surface area contributed by atoms with Crippen LogP contribution in [-0.4, -0.2) is 19.3 Å². The van der Waals surface area contributed by atoms with Crippen molar-refractivity contribution in [2.45, 2.75) is 51.2 Å². The van der Waals surface area contributed by atoms with Crippen LogP contribution in [0.2, 0.25) is 0 Å². The topological polar surface area (TPSA) is 44.5 Å². The molecule has 1 aromatic carbocycles. The van der Waals surface area contributed by atoms with Crippen LogP contribution < -0.4 is 15.2 Å². The van der Waals surface area contributed by atoms with Crippen LogP contribution >= 0.6 is 0 Å². The smallest absolute Gasteiger partial charge is 0.161 e. The van der Waals surface area contributed by atoms with Crippen molar-refractivity contribution in [3.63, 3.8) is 0 Å². The van der Waals surface area contributed by atoms with Gasteiger partial charge in [-0.05, 0) is 56.7 Å². The van der Waals surface area contributed by atoms with Gasteiger partial charge in [0, 0.05) is 6.04 Å². The van der Waals surface area contributed by atoms with E-state index in [9.17, 15) is 0 Å². The average Bonchev–Trinajstić information content (AvgIpc) is 2.81. The third kappa shape index (κ3) is 3.39. The number of hydrogen-bond acceptors (Lipinski definition) is 3. The van der Waals surface area contributed by atoms with Crippen molar-refractivity contribution in [2.24, 2.45) is 5.73 Å². The van der Waals surface area contributed by atoms with Crippen molar-refractivity contribution in [1.29, 1.82) is 0 Å². The zero-order chi connectivity index (χ0) is 13.0. The van der Waals surface area contributed by atoms with Crippen LogP contribution in [0.5, 0.6) is 11.5 Å². The Morgan fingerprint density at radius 3 is 2.61 bits per heavy atom. The van der Waals surface area contributed by atoms with Crippen LogP contribution in [0, 0.1) is 0 Å². The van der Waals surface area contributed by atoms with E-state index in [0.717, 1.165) is 30.8 Å². The molecule has 2 N–H and O–H groups in total. The van der Waals surface area contributed by atoms with Gasteiger partial charge in [-0.2, -0.15) is 0 Å². The lowest BCUT2D eigenvalue weighted by Crippen LogP contribution is -2.18. The first-order valence-electron chi connectivity index (χ1n) is 6.78. The normalized spacial score (nSPS) is 17.7. The Kier molecular flexibility index (Phi) is 4.48. The van der Waals surface area contributed by atoms with Gasteiger partial charge in [-0.25, -0.2) is 0 Å². The van der Waals surface area contributed by atoms with E-state index in [1.54, 1.807) is 7.11 Å². The van der Waals surface area contributed by atoms with E-state index < -0.39 is 0 Å². The maximum Gasteiger partial charge on any atom is 0.161 e. The molecule has 1 fully saturated rings. The molecule has 1 atom stereocenters. The molecule has 0 amide bonds. The molecule has 3 heteroatoms. The monoisotopic (exact) mass is 249 g/mol. The molecule has 0 heterocycles. The fourth-order valence-electron chi connectivity index (χ4n) is 2.50. The van der Waals surface area contributed by atoms with Crippen LogP contribution in [0.25, 0.3) is 0 Å².